The highest BCUT2D eigenvalue weighted by molar-refractivity contribution is 7.14. The van der Waals surface area contributed by atoms with E-state index in [2.05, 4.69) is 10.1 Å². The molecule has 1 aromatic rings. The van der Waals surface area contributed by atoms with Crippen molar-refractivity contribution in [2.75, 3.05) is 32.6 Å². The second-order valence-corrected chi connectivity index (χ2v) is 5.16. The zero-order valence-corrected chi connectivity index (χ0v) is 12.3. The van der Waals surface area contributed by atoms with E-state index in [1.165, 1.54) is 18.4 Å². The maximum Gasteiger partial charge on any atom is 0.305 e. The van der Waals surface area contributed by atoms with Gasteiger partial charge in [0.15, 0.2) is 0 Å². The standard InChI is InChI=1S/C13H17N3O3S/c1-16(6-3-4-12(18)19-2)9-11(17)15-13-10(8-14)5-7-20-13/h5,7H,3-4,6,9H2,1-2H3,(H,15,17). The van der Waals surface area contributed by atoms with Crippen LogP contribution in [-0.4, -0.2) is 44.0 Å². The molecule has 0 unspecified atom stereocenters. The lowest BCUT2D eigenvalue weighted by atomic mass is 10.3. The Bertz CT molecular complexity index is 507. The fourth-order valence-electron chi connectivity index (χ4n) is 1.58. The van der Waals surface area contributed by atoms with Gasteiger partial charge in [0.2, 0.25) is 5.91 Å². The monoisotopic (exact) mass is 295 g/mol. The van der Waals surface area contributed by atoms with Crippen molar-refractivity contribution in [3.05, 3.63) is 17.0 Å². The molecule has 1 aromatic heterocycles. The third kappa shape index (κ3) is 5.38. The molecule has 0 radical (unpaired) electrons. The van der Waals surface area contributed by atoms with Crippen LogP contribution in [0.5, 0.6) is 0 Å². The minimum atomic E-state index is -0.250. The molecule has 0 aromatic carbocycles. The van der Waals surface area contributed by atoms with Gasteiger partial charge in [0.1, 0.15) is 11.1 Å². The molecule has 108 valence electrons. The van der Waals surface area contributed by atoms with Crippen molar-refractivity contribution in [1.82, 2.24) is 4.90 Å². The quantitative estimate of drug-likeness (QED) is 0.770. The van der Waals surface area contributed by atoms with E-state index in [-0.39, 0.29) is 18.4 Å². The van der Waals surface area contributed by atoms with Crippen molar-refractivity contribution in [2.24, 2.45) is 0 Å². The molecule has 0 fully saturated rings. The van der Waals surface area contributed by atoms with E-state index in [4.69, 9.17) is 5.26 Å². The minimum absolute atomic E-state index is 0.176. The van der Waals surface area contributed by atoms with Crippen LogP contribution in [0, 0.1) is 11.3 Å². The molecule has 1 amide bonds. The maximum absolute atomic E-state index is 11.8. The normalized spacial score (nSPS) is 10.1. The number of nitriles is 1. The zero-order valence-electron chi connectivity index (χ0n) is 11.5. The molecule has 0 spiro atoms. The number of ether oxygens (including phenoxy) is 1. The number of amides is 1. The van der Waals surface area contributed by atoms with Crippen molar-refractivity contribution in [3.8, 4) is 6.07 Å². The molecule has 1 rings (SSSR count). The largest absolute Gasteiger partial charge is 0.469 e. The smallest absolute Gasteiger partial charge is 0.305 e. The summed E-state index contributed by atoms with van der Waals surface area (Å²) in [6, 6.07) is 3.69. The molecule has 20 heavy (non-hydrogen) atoms. The number of thiophene rings is 1. The van der Waals surface area contributed by atoms with Crippen molar-refractivity contribution in [2.45, 2.75) is 12.8 Å². The molecular weight excluding hydrogens is 278 g/mol. The fraction of sp³-hybridized carbons (Fsp3) is 0.462. The van der Waals surface area contributed by atoms with E-state index in [1.807, 2.05) is 11.0 Å². The first-order valence-electron chi connectivity index (χ1n) is 6.09. The number of nitrogens with one attached hydrogen (secondary N) is 1. The highest BCUT2D eigenvalue weighted by Crippen LogP contribution is 2.21. The summed E-state index contributed by atoms with van der Waals surface area (Å²) in [5.74, 6) is -0.426. The van der Waals surface area contributed by atoms with Crippen molar-refractivity contribution >= 4 is 28.2 Å². The second-order valence-electron chi connectivity index (χ2n) is 4.24. The first kappa shape index (κ1) is 16.1. The number of esters is 1. The number of carbonyl (C=O) groups excluding carboxylic acids is 2. The van der Waals surface area contributed by atoms with E-state index in [0.717, 1.165) is 0 Å². The SMILES string of the molecule is COC(=O)CCCN(C)CC(=O)Nc1sccc1C#N. The molecule has 0 aliphatic heterocycles. The van der Waals surface area contributed by atoms with Gasteiger partial charge < -0.3 is 10.1 Å². The average molecular weight is 295 g/mol. The Morgan fingerprint density at radius 1 is 1.55 bits per heavy atom. The van der Waals surface area contributed by atoms with Gasteiger partial charge in [0, 0.05) is 6.42 Å². The predicted octanol–water partition coefficient (Wildman–Crippen LogP) is 1.44. The summed E-state index contributed by atoms with van der Waals surface area (Å²) in [5.41, 5.74) is 0.469. The number of anilines is 1. The van der Waals surface area contributed by atoms with Gasteiger partial charge in [-0.25, -0.2) is 0 Å². The number of methoxy groups -OCH3 is 1. The highest BCUT2D eigenvalue weighted by Gasteiger charge is 2.11. The minimum Gasteiger partial charge on any atom is -0.469 e. The zero-order chi connectivity index (χ0) is 15.0. The summed E-state index contributed by atoms with van der Waals surface area (Å²) in [5, 5.41) is 13.9. The van der Waals surface area contributed by atoms with Gasteiger partial charge in [0.25, 0.3) is 0 Å². The van der Waals surface area contributed by atoms with Crippen LogP contribution in [0.25, 0.3) is 0 Å². The van der Waals surface area contributed by atoms with E-state index in [9.17, 15) is 9.59 Å². The Balaban J connectivity index is 2.32. The topological polar surface area (TPSA) is 82.4 Å². The molecule has 0 atom stereocenters. The van der Waals surface area contributed by atoms with Crippen LogP contribution in [0.3, 0.4) is 0 Å². The number of likely N-dealkylation sites (N-methyl/N-ethyl adjacent to an activating group) is 1. The van der Waals surface area contributed by atoms with Gasteiger partial charge in [-0.2, -0.15) is 5.26 Å². The maximum atomic E-state index is 11.8. The third-order valence-electron chi connectivity index (χ3n) is 2.60. The molecule has 0 bridgehead atoms. The summed E-state index contributed by atoms with van der Waals surface area (Å²) in [4.78, 5) is 24.6. The van der Waals surface area contributed by atoms with Crippen LogP contribution in [0.15, 0.2) is 11.4 Å². The Hall–Kier alpha value is -1.91. The molecule has 7 heteroatoms. The summed E-state index contributed by atoms with van der Waals surface area (Å²) in [6.45, 7) is 0.835. The number of nitrogens with zero attached hydrogens (tertiary/aromatic N) is 2. The van der Waals surface area contributed by atoms with Gasteiger partial charge in [-0.3, -0.25) is 14.5 Å². The Morgan fingerprint density at radius 3 is 2.95 bits per heavy atom. The van der Waals surface area contributed by atoms with Crippen LogP contribution in [-0.2, 0) is 14.3 Å². The molecule has 0 saturated heterocycles. The lowest BCUT2D eigenvalue weighted by Gasteiger charge is -2.15. The van der Waals surface area contributed by atoms with Gasteiger partial charge in [-0.05, 0) is 31.5 Å². The van der Waals surface area contributed by atoms with Crippen molar-refractivity contribution < 1.29 is 14.3 Å². The van der Waals surface area contributed by atoms with Crippen LogP contribution >= 0.6 is 11.3 Å². The molecule has 1 N–H and O–H groups in total. The number of rotatable bonds is 7. The van der Waals surface area contributed by atoms with E-state index in [0.29, 0.717) is 30.0 Å². The van der Waals surface area contributed by atoms with Crippen molar-refractivity contribution in [1.29, 1.82) is 5.26 Å². The lowest BCUT2D eigenvalue weighted by molar-refractivity contribution is -0.140. The average Bonchev–Trinajstić information content (AvgIpc) is 2.85. The van der Waals surface area contributed by atoms with E-state index in [1.54, 1.807) is 18.5 Å². The third-order valence-corrected chi connectivity index (χ3v) is 3.43. The second kappa shape index (κ2) is 8.30. The Labute approximate surface area is 121 Å². The molecule has 0 aliphatic carbocycles. The Kier molecular flexibility index (Phi) is 6.70. The first-order valence-corrected chi connectivity index (χ1v) is 6.97. The summed E-state index contributed by atoms with van der Waals surface area (Å²) in [6.07, 6.45) is 0.977. The van der Waals surface area contributed by atoms with Crippen LogP contribution < -0.4 is 5.32 Å². The summed E-state index contributed by atoms with van der Waals surface area (Å²) < 4.78 is 4.54. The van der Waals surface area contributed by atoms with Gasteiger partial charge in [-0.15, -0.1) is 11.3 Å². The van der Waals surface area contributed by atoms with Crippen molar-refractivity contribution in [3.63, 3.8) is 0 Å². The predicted molar refractivity (Wildman–Crippen MR) is 76.4 cm³/mol. The fourth-order valence-corrected chi connectivity index (χ4v) is 2.33. The van der Waals surface area contributed by atoms with E-state index < -0.39 is 0 Å². The molecule has 0 saturated carbocycles. The van der Waals surface area contributed by atoms with Gasteiger partial charge >= 0.3 is 5.97 Å². The molecule has 0 aliphatic rings. The number of carbonyl (C=O) groups is 2. The summed E-state index contributed by atoms with van der Waals surface area (Å²) >= 11 is 1.32. The number of hydrogen-bond acceptors (Lipinski definition) is 6. The number of hydrogen-bond donors (Lipinski definition) is 1. The van der Waals surface area contributed by atoms with Crippen LogP contribution in [0.1, 0.15) is 18.4 Å². The Morgan fingerprint density at radius 2 is 2.30 bits per heavy atom. The van der Waals surface area contributed by atoms with Gasteiger partial charge in [-0.1, -0.05) is 0 Å². The highest BCUT2D eigenvalue weighted by atomic mass is 32.1. The van der Waals surface area contributed by atoms with E-state index >= 15 is 0 Å². The van der Waals surface area contributed by atoms with Gasteiger partial charge in [0.05, 0.1) is 19.2 Å². The van der Waals surface area contributed by atoms with Crippen LogP contribution in [0.2, 0.25) is 0 Å². The molecular formula is C13H17N3O3S. The molecule has 6 nitrogen and oxygen atoms in total. The molecule has 1 heterocycles. The summed E-state index contributed by atoms with van der Waals surface area (Å²) in [7, 11) is 3.16. The van der Waals surface area contributed by atoms with Crippen LogP contribution in [0.4, 0.5) is 5.00 Å². The first-order chi connectivity index (χ1) is 9.56. The lowest BCUT2D eigenvalue weighted by Crippen LogP contribution is -2.31.